The van der Waals surface area contributed by atoms with Gasteiger partial charge in [0.15, 0.2) is 5.96 Å². The van der Waals surface area contributed by atoms with Gasteiger partial charge in [0.2, 0.25) is 0 Å². The molecule has 0 bridgehead atoms. The molecular weight excluding hydrogens is 477 g/mol. The highest BCUT2D eigenvalue weighted by atomic mass is 127. The van der Waals surface area contributed by atoms with Crippen molar-refractivity contribution in [1.82, 2.24) is 10.6 Å². The van der Waals surface area contributed by atoms with Crippen LogP contribution >= 0.6 is 24.0 Å². The fourth-order valence-corrected chi connectivity index (χ4v) is 4.40. The van der Waals surface area contributed by atoms with Gasteiger partial charge < -0.3 is 20.1 Å². The summed E-state index contributed by atoms with van der Waals surface area (Å²) < 4.78 is 23.1. The average Bonchev–Trinajstić information content (AvgIpc) is 2.66. The highest BCUT2D eigenvalue weighted by molar-refractivity contribution is 14.0. The van der Waals surface area contributed by atoms with E-state index in [-0.39, 0.29) is 24.0 Å². The van der Waals surface area contributed by atoms with Gasteiger partial charge in [-0.05, 0) is 32.6 Å². The van der Waals surface area contributed by atoms with Crippen LogP contribution in [0.15, 0.2) is 4.99 Å². The number of ether oxygens (including phenoxy) is 2. The molecule has 0 spiro atoms. The van der Waals surface area contributed by atoms with Crippen molar-refractivity contribution in [2.75, 3.05) is 45.3 Å². The summed E-state index contributed by atoms with van der Waals surface area (Å²) in [6.45, 7) is 10.4. The molecule has 0 saturated heterocycles. The Labute approximate surface area is 185 Å². The normalized spacial score (nSPS) is 21.4. The van der Waals surface area contributed by atoms with Crippen LogP contribution in [0.5, 0.6) is 0 Å². The lowest BCUT2D eigenvalue weighted by atomic mass is 9.95. The van der Waals surface area contributed by atoms with Crippen LogP contribution < -0.4 is 10.6 Å². The second-order valence-electron chi connectivity index (χ2n) is 6.64. The van der Waals surface area contributed by atoms with E-state index in [2.05, 4.69) is 29.5 Å². The minimum atomic E-state index is -0.697. The molecule has 1 rings (SSSR count). The molecule has 6 nitrogen and oxygen atoms in total. The van der Waals surface area contributed by atoms with Gasteiger partial charge in [0, 0.05) is 41.0 Å². The second-order valence-corrected chi connectivity index (χ2v) is 8.64. The van der Waals surface area contributed by atoms with Crippen LogP contribution in [0.25, 0.3) is 0 Å². The van der Waals surface area contributed by atoms with E-state index in [1.54, 1.807) is 0 Å². The molecule has 2 N–H and O–H groups in total. The van der Waals surface area contributed by atoms with Crippen LogP contribution in [0.4, 0.5) is 0 Å². The molecule has 1 aliphatic carbocycles. The highest BCUT2D eigenvalue weighted by Gasteiger charge is 2.25. The van der Waals surface area contributed by atoms with Crippen molar-refractivity contribution < 1.29 is 13.7 Å². The first-order valence-corrected chi connectivity index (χ1v) is 11.7. The minimum Gasteiger partial charge on any atom is -0.379 e. The largest absolute Gasteiger partial charge is 0.379 e. The molecule has 0 aliphatic heterocycles. The van der Waals surface area contributed by atoms with Crippen LogP contribution in [-0.2, 0) is 20.3 Å². The summed E-state index contributed by atoms with van der Waals surface area (Å²) in [6.07, 6.45) is 6.57. The number of aliphatic imine (C=N–C) groups is 1. The van der Waals surface area contributed by atoms with Crippen molar-refractivity contribution in [3.8, 4) is 0 Å². The third-order valence-corrected chi connectivity index (χ3v) is 6.23. The Hall–Kier alpha value is 0.0700. The van der Waals surface area contributed by atoms with E-state index in [1.165, 1.54) is 0 Å². The predicted octanol–water partition coefficient (Wildman–Crippen LogP) is 3.07. The molecule has 27 heavy (non-hydrogen) atoms. The Balaban J connectivity index is 0.00000676. The van der Waals surface area contributed by atoms with Gasteiger partial charge in [0.25, 0.3) is 0 Å². The Morgan fingerprint density at radius 2 is 1.85 bits per heavy atom. The van der Waals surface area contributed by atoms with Gasteiger partial charge in [-0.2, -0.15) is 0 Å². The van der Waals surface area contributed by atoms with Crippen LogP contribution in [0.1, 0.15) is 59.3 Å². The van der Waals surface area contributed by atoms with Crippen LogP contribution in [0, 0.1) is 0 Å². The van der Waals surface area contributed by atoms with Gasteiger partial charge >= 0.3 is 0 Å². The third kappa shape index (κ3) is 13.0. The third-order valence-electron chi connectivity index (χ3n) is 4.49. The van der Waals surface area contributed by atoms with Gasteiger partial charge in [0.05, 0.1) is 26.4 Å². The molecule has 0 radical (unpaired) electrons. The molecule has 0 heterocycles. The van der Waals surface area contributed by atoms with E-state index >= 15 is 0 Å². The molecule has 0 aromatic rings. The molecular formula is C19H40IN3O3S. The maximum atomic E-state index is 12.1. The number of hydrogen-bond acceptors (Lipinski definition) is 4. The average molecular weight is 518 g/mol. The maximum Gasteiger partial charge on any atom is 0.191 e. The minimum absolute atomic E-state index is 0. The lowest BCUT2D eigenvalue weighted by Crippen LogP contribution is -2.46. The Morgan fingerprint density at radius 1 is 1.11 bits per heavy atom. The van der Waals surface area contributed by atoms with E-state index in [1.807, 2.05) is 6.92 Å². The van der Waals surface area contributed by atoms with Gasteiger partial charge in [-0.25, -0.2) is 0 Å². The van der Waals surface area contributed by atoms with Gasteiger partial charge in [-0.1, -0.05) is 26.7 Å². The molecule has 3 atom stereocenters. The quantitative estimate of drug-likeness (QED) is 0.170. The smallest absolute Gasteiger partial charge is 0.191 e. The van der Waals surface area contributed by atoms with Gasteiger partial charge in [-0.15, -0.1) is 24.0 Å². The number of unbranched alkanes of at least 4 members (excludes halogenated alkanes) is 1. The van der Waals surface area contributed by atoms with Gasteiger partial charge in [-0.3, -0.25) is 9.20 Å². The molecule has 0 amide bonds. The monoisotopic (exact) mass is 517 g/mol. The molecule has 0 aromatic carbocycles. The van der Waals surface area contributed by atoms with E-state index in [0.717, 1.165) is 63.4 Å². The van der Waals surface area contributed by atoms with Crippen molar-refractivity contribution in [3.63, 3.8) is 0 Å². The lowest BCUT2D eigenvalue weighted by Gasteiger charge is -2.30. The molecule has 1 fully saturated rings. The first-order valence-electron chi connectivity index (χ1n) is 10.3. The molecule has 3 unspecified atom stereocenters. The van der Waals surface area contributed by atoms with E-state index < -0.39 is 10.8 Å². The lowest BCUT2D eigenvalue weighted by molar-refractivity contribution is 0.0497. The number of guanidine groups is 1. The fraction of sp³-hybridized carbons (Fsp3) is 0.947. The molecule has 8 heteroatoms. The van der Waals surface area contributed by atoms with Crippen molar-refractivity contribution in [3.05, 3.63) is 0 Å². The summed E-state index contributed by atoms with van der Waals surface area (Å²) >= 11 is 0. The summed E-state index contributed by atoms with van der Waals surface area (Å²) in [6, 6.07) is 0.356. The SMILES string of the molecule is CCCCOCCOCCN=C(NCC)NC1CCCC(S(=O)CC)C1.I. The van der Waals surface area contributed by atoms with E-state index in [9.17, 15) is 4.21 Å². The molecule has 1 saturated carbocycles. The Morgan fingerprint density at radius 3 is 2.52 bits per heavy atom. The zero-order valence-electron chi connectivity index (χ0n) is 17.3. The number of nitrogens with one attached hydrogen (secondary N) is 2. The topological polar surface area (TPSA) is 72.0 Å². The van der Waals surface area contributed by atoms with Crippen molar-refractivity contribution >= 4 is 40.7 Å². The van der Waals surface area contributed by atoms with Crippen molar-refractivity contribution in [2.45, 2.75) is 70.6 Å². The molecule has 0 aromatic heterocycles. The molecule has 162 valence electrons. The Kier molecular flexibility index (Phi) is 18.2. The summed E-state index contributed by atoms with van der Waals surface area (Å²) in [5, 5.41) is 7.14. The fourth-order valence-electron chi connectivity index (χ4n) is 3.05. The summed E-state index contributed by atoms with van der Waals surface area (Å²) in [4.78, 5) is 4.60. The first kappa shape index (κ1) is 27.1. The number of halogens is 1. The second kappa shape index (κ2) is 18.1. The number of nitrogens with zero attached hydrogens (tertiary/aromatic N) is 1. The maximum absolute atomic E-state index is 12.1. The summed E-state index contributed by atoms with van der Waals surface area (Å²) in [7, 11) is -0.697. The highest BCUT2D eigenvalue weighted by Crippen LogP contribution is 2.22. The predicted molar refractivity (Wildman–Crippen MR) is 126 cm³/mol. The number of rotatable bonds is 13. The van der Waals surface area contributed by atoms with Crippen LogP contribution in [0.3, 0.4) is 0 Å². The zero-order valence-corrected chi connectivity index (χ0v) is 20.5. The van der Waals surface area contributed by atoms with E-state index in [4.69, 9.17) is 9.47 Å². The Bertz CT molecular complexity index is 414. The summed E-state index contributed by atoms with van der Waals surface area (Å²) in [5.74, 6) is 1.59. The zero-order chi connectivity index (χ0) is 19.0. The van der Waals surface area contributed by atoms with Crippen LogP contribution in [-0.4, -0.2) is 66.7 Å². The van der Waals surface area contributed by atoms with Crippen molar-refractivity contribution in [2.24, 2.45) is 4.99 Å². The first-order chi connectivity index (χ1) is 12.7. The molecule has 1 aliphatic rings. The van der Waals surface area contributed by atoms with Crippen molar-refractivity contribution in [1.29, 1.82) is 0 Å². The van der Waals surface area contributed by atoms with Crippen LogP contribution in [0.2, 0.25) is 0 Å². The standard InChI is InChI=1S/C19H39N3O3S.HI/c1-4-7-12-24-14-15-25-13-11-21-19(20-5-2)22-17-9-8-10-18(16-17)26(23)6-3;/h17-18H,4-16H2,1-3H3,(H2,20,21,22);1H. The van der Waals surface area contributed by atoms with Gasteiger partial charge in [0.1, 0.15) is 0 Å². The summed E-state index contributed by atoms with van der Waals surface area (Å²) in [5.41, 5.74) is 0. The van der Waals surface area contributed by atoms with E-state index in [0.29, 0.717) is 37.7 Å². The number of hydrogen-bond donors (Lipinski definition) is 2.